The third kappa shape index (κ3) is 5.82. The highest BCUT2D eigenvalue weighted by molar-refractivity contribution is 7.09. The molecule has 4 rings (SSSR count). The van der Waals surface area contributed by atoms with E-state index in [0.29, 0.717) is 29.3 Å². The monoisotopic (exact) mass is 472 g/mol. The molecule has 0 saturated carbocycles. The zero-order valence-corrected chi connectivity index (χ0v) is 19.5. The van der Waals surface area contributed by atoms with Crippen molar-refractivity contribution in [3.63, 3.8) is 0 Å². The van der Waals surface area contributed by atoms with Crippen LogP contribution in [-0.2, 0) is 11.3 Å². The van der Waals surface area contributed by atoms with Crippen molar-refractivity contribution in [3.8, 4) is 11.5 Å². The summed E-state index contributed by atoms with van der Waals surface area (Å²) >= 11 is 1.58. The third-order valence-corrected chi connectivity index (χ3v) is 5.95. The fourth-order valence-electron chi connectivity index (χ4n) is 3.36. The van der Waals surface area contributed by atoms with Gasteiger partial charge in [-0.2, -0.15) is 0 Å². The van der Waals surface area contributed by atoms with E-state index >= 15 is 0 Å². The highest BCUT2D eigenvalue weighted by Gasteiger charge is 2.19. The maximum Gasteiger partial charge on any atom is 0.265 e. The Bertz CT molecular complexity index is 1230. The molecule has 1 heterocycles. The zero-order chi connectivity index (χ0) is 23.8. The molecule has 1 aromatic heterocycles. The highest BCUT2D eigenvalue weighted by Crippen LogP contribution is 2.24. The molecule has 6 nitrogen and oxygen atoms in total. The molecule has 0 atom stereocenters. The van der Waals surface area contributed by atoms with Gasteiger partial charge in [0.05, 0.1) is 19.2 Å². The predicted octanol–water partition coefficient (Wildman–Crippen LogP) is 5.62. The molecule has 2 amide bonds. The number of rotatable bonds is 9. The van der Waals surface area contributed by atoms with Crippen LogP contribution in [0.4, 0.5) is 11.4 Å². The molecule has 0 aliphatic rings. The number of nitrogens with one attached hydrogen (secondary N) is 1. The second-order valence-electron chi connectivity index (χ2n) is 7.36. The number of ether oxygens (including phenoxy) is 2. The lowest BCUT2D eigenvalue weighted by Gasteiger charge is -2.23. The zero-order valence-electron chi connectivity index (χ0n) is 18.6. The van der Waals surface area contributed by atoms with Crippen LogP contribution in [-0.4, -0.2) is 25.5 Å². The number of hydrogen-bond acceptors (Lipinski definition) is 5. The van der Waals surface area contributed by atoms with Crippen molar-refractivity contribution in [2.24, 2.45) is 0 Å². The SMILES string of the molecule is COc1ccc(N(Cc2cccs2)C(=O)COc2ccccc2C(=O)Nc2ccccc2)cc1. The summed E-state index contributed by atoms with van der Waals surface area (Å²) in [5.41, 5.74) is 1.77. The van der Waals surface area contributed by atoms with Crippen LogP contribution in [0.5, 0.6) is 11.5 Å². The summed E-state index contributed by atoms with van der Waals surface area (Å²) < 4.78 is 11.1. The lowest BCUT2D eigenvalue weighted by atomic mass is 10.2. The quantitative estimate of drug-likeness (QED) is 0.343. The molecule has 0 aliphatic heterocycles. The summed E-state index contributed by atoms with van der Waals surface area (Å²) in [6.07, 6.45) is 0. The molecule has 0 spiro atoms. The first-order valence-corrected chi connectivity index (χ1v) is 11.6. The number of thiophene rings is 1. The number of nitrogens with zero attached hydrogens (tertiary/aromatic N) is 1. The van der Waals surface area contributed by atoms with E-state index in [0.717, 1.165) is 10.6 Å². The number of benzene rings is 3. The van der Waals surface area contributed by atoms with Crippen LogP contribution in [0.1, 0.15) is 15.2 Å². The van der Waals surface area contributed by atoms with E-state index in [9.17, 15) is 9.59 Å². The Labute approximate surface area is 202 Å². The second kappa shape index (κ2) is 11.2. The van der Waals surface area contributed by atoms with Gasteiger partial charge in [-0.15, -0.1) is 11.3 Å². The van der Waals surface area contributed by atoms with Crippen LogP contribution in [0.3, 0.4) is 0 Å². The van der Waals surface area contributed by atoms with Crippen LogP contribution in [0.15, 0.2) is 96.4 Å². The van der Waals surface area contributed by atoms with Gasteiger partial charge in [0, 0.05) is 16.3 Å². The van der Waals surface area contributed by atoms with E-state index in [1.807, 2.05) is 72.1 Å². The van der Waals surface area contributed by atoms with Gasteiger partial charge in [-0.1, -0.05) is 36.4 Å². The number of anilines is 2. The van der Waals surface area contributed by atoms with Crippen LogP contribution >= 0.6 is 11.3 Å². The Morgan fingerprint density at radius 3 is 2.32 bits per heavy atom. The number of para-hydroxylation sites is 2. The Hall–Kier alpha value is -4.10. The van der Waals surface area contributed by atoms with Crippen molar-refractivity contribution in [1.82, 2.24) is 0 Å². The van der Waals surface area contributed by atoms with E-state index in [-0.39, 0.29) is 18.4 Å². The fraction of sp³-hybridized carbons (Fsp3) is 0.111. The van der Waals surface area contributed by atoms with E-state index in [2.05, 4.69) is 5.32 Å². The summed E-state index contributed by atoms with van der Waals surface area (Å²) in [4.78, 5) is 28.8. The number of carbonyl (C=O) groups excluding carboxylic acids is 2. The van der Waals surface area contributed by atoms with Crippen LogP contribution in [0, 0.1) is 0 Å². The summed E-state index contributed by atoms with van der Waals surface area (Å²) in [7, 11) is 1.60. The van der Waals surface area contributed by atoms with Crippen molar-refractivity contribution in [2.75, 3.05) is 23.9 Å². The molecule has 0 fully saturated rings. The predicted molar refractivity (Wildman–Crippen MR) is 135 cm³/mol. The molecule has 172 valence electrons. The van der Waals surface area contributed by atoms with Gasteiger partial charge in [-0.3, -0.25) is 9.59 Å². The van der Waals surface area contributed by atoms with Gasteiger partial charge in [-0.05, 0) is 60.0 Å². The summed E-state index contributed by atoms with van der Waals surface area (Å²) in [6.45, 7) is 0.204. The first-order valence-electron chi connectivity index (χ1n) is 10.7. The Morgan fingerprint density at radius 2 is 1.62 bits per heavy atom. The topological polar surface area (TPSA) is 67.9 Å². The Morgan fingerprint density at radius 1 is 0.882 bits per heavy atom. The van der Waals surface area contributed by atoms with Crippen LogP contribution < -0.4 is 19.7 Å². The lowest BCUT2D eigenvalue weighted by molar-refractivity contribution is -0.120. The van der Waals surface area contributed by atoms with Gasteiger partial charge in [0.15, 0.2) is 6.61 Å². The van der Waals surface area contributed by atoms with Gasteiger partial charge < -0.3 is 19.7 Å². The molecule has 34 heavy (non-hydrogen) atoms. The maximum absolute atomic E-state index is 13.2. The fourth-order valence-corrected chi connectivity index (χ4v) is 4.05. The smallest absolute Gasteiger partial charge is 0.265 e. The molecular weight excluding hydrogens is 448 g/mol. The molecule has 3 aromatic carbocycles. The largest absolute Gasteiger partial charge is 0.497 e. The van der Waals surface area contributed by atoms with Gasteiger partial charge in [0.1, 0.15) is 11.5 Å². The number of amides is 2. The number of carbonyl (C=O) groups is 2. The van der Waals surface area contributed by atoms with Crippen molar-refractivity contribution in [3.05, 3.63) is 107 Å². The highest BCUT2D eigenvalue weighted by atomic mass is 32.1. The molecule has 0 aliphatic carbocycles. The molecule has 0 radical (unpaired) electrons. The van der Waals surface area contributed by atoms with Crippen LogP contribution in [0.25, 0.3) is 0 Å². The Balaban J connectivity index is 1.49. The second-order valence-corrected chi connectivity index (χ2v) is 8.39. The van der Waals surface area contributed by atoms with E-state index in [1.165, 1.54) is 0 Å². The summed E-state index contributed by atoms with van der Waals surface area (Å²) in [6, 6.07) is 27.3. The number of methoxy groups -OCH3 is 1. The molecule has 0 bridgehead atoms. The minimum Gasteiger partial charge on any atom is -0.497 e. The molecule has 7 heteroatoms. The van der Waals surface area contributed by atoms with Gasteiger partial charge in [0.25, 0.3) is 11.8 Å². The number of hydrogen-bond donors (Lipinski definition) is 1. The minimum absolute atomic E-state index is 0.215. The van der Waals surface area contributed by atoms with Gasteiger partial charge >= 0.3 is 0 Å². The van der Waals surface area contributed by atoms with Crippen LogP contribution in [0.2, 0.25) is 0 Å². The van der Waals surface area contributed by atoms with E-state index < -0.39 is 0 Å². The van der Waals surface area contributed by atoms with Crippen molar-refractivity contribution >= 4 is 34.5 Å². The Kier molecular flexibility index (Phi) is 7.57. The molecule has 4 aromatic rings. The van der Waals surface area contributed by atoms with Crippen molar-refractivity contribution in [2.45, 2.75) is 6.54 Å². The third-order valence-electron chi connectivity index (χ3n) is 5.09. The average Bonchev–Trinajstić information content (AvgIpc) is 3.40. The molecule has 1 N–H and O–H groups in total. The summed E-state index contributed by atoms with van der Waals surface area (Å²) in [5.74, 6) is 0.522. The maximum atomic E-state index is 13.2. The minimum atomic E-state index is -0.306. The first-order chi connectivity index (χ1) is 16.6. The van der Waals surface area contributed by atoms with E-state index in [1.54, 1.807) is 47.6 Å². The molecule has 0 unspecified atom stereocenters. The summed E-state index contributed by atoms with van der Waals surface area (Å²) in [5, 5.41) is 4.83. The normalized spacial score (nSPS) is 10.4. The first kappa shape index (κ1) is 23.1. The average molecular weight is 473 g/mol. The van der Waals surface area contributed by atoms with Gasteiger partial charge in [0.2, 0.25) is 0 Å². The lowest BCUT2D eigenvalue weighted by Crippen LogP contribution is -2.34. The molecular formula is C27H24N2O4S. The van der Waals surface area contributed by atoms with Crippen molar-refractivity contribution < 1.29 is 19.1 Å². The van der Waals surface area contributed by atoms with Crippen molar-refractivity contribution in [1.29, 1.82) is 0 Å². The molecule has 0 saturated heterocycles. The van der Waals surface area contributed by atoms with E-state index in [4.69, 9.17) is 9.47 Å². The standard InChI is InChI=1S/C27H24N2O4S/c1-32-22-15-13-21(14-16-22)29(18-23-10-7-17-34-23)26(30)19-33-25-12-6-5-11-24(25)27(31)28-20-8-3-2-4-9-20/h2-17H,18-19H2,1H3,(H,28,31). The van der Waals surface area contributed by atoms with Gasteiger partial charge in [-0.25, -0.2) is 0 Å².